The standard InChI is InChI=1S/C8H11N.C6H12/c1-7-4-3-5-8(6-7)9-2;1-6-4-2-3-5-6/h3-6,9H,1-2H3;6H,2-5H2,1H3. The fraction of sp³-hybridized carbons (Fsp3) is 0.571. The van der Waals surface area contributed by atoms with E-state index in [1.807, 2.05) is 19.2 Å². The van der Waals surface area contributed by atoms with Gasteiger partial charge < -0.3 is 5.32 Å². The van der Waals surface area contributed by atoms with Gasteiger partial charge in [-0.15, -0.1) is 0 Å². The van der Waals surface area contributed by atoms with E-state index < -0.39 is 0 Å². The molecule has 84 valence electrons. The first-order valence-corrected chi connectivity index (χ1v) is 5.97. The minimum atomic E-state index is 1.05. The van der Waals surface area contributed by atoms with Crippen molar-refractivity contribution < 1.29 is 0 Å². The lowest BCUT2D eigenvalue weighted by molar-refractivity contribution is 0.612. The van der Waals surface area contributed by atoms with Crippen molar-refractivity contribution in [2.45, 2.75) is 39.5 Å². The largest absolute Gasteiger partial charge is 0.388 e. The highest BCUT2D eigenvalue weighted by atomic mass is 14.8. The Hall–Kier alpha value is -0.980. The third-order valence-electron chi connectivity index (χ3n) is 2.95. The number of hydrogen-bond donors (Lipinski definition) is 1. The van der Waals surface area contributed by atoms with Crippen LogP contribution in [-0.2, 0) is 0 Å². The first-order chi connectivity index (χ1) is 7.22. The fourth-order valence-electron chi connectivity index (χ4n) is 1.93. The number of benzene rings is 1. The Kier molecular flexibility index (Phi) is 5.23. The van der Waals surface area contributed by atoms with Crippen LogP contribution < -0.4 is 5.32 Å². The van der Waals surface area contributed by atoms with E-state index in [1.54, 1.807) is 0 Å². The molecular weight excluding hydrogens is 182 g/mol. The van der Waals surface area contributed by atoms with E-state index in [0.29, 0.717) is 0 Å². The molecule has 1 saturated carbocycles. The van der Waals surface area contributed by atoms with Crippen LogP contribution in [0.15, 0.2) is 24.3 Å². The first-order valence-electron chi connectivity index (χ1n) is 5.97. The second-order valence-corrected chi connectivity index (χ2v) is 4.51. The minimum Gasteiger partial charge on any atom is -0.388 e. The summed E-state index contributed by atoms with van der Waals surface area (Å²) in [5.74, 6) is 1.05. The second-order valence-electron chi connectivity index (χ2n) is 4.51. The molecule has 0 saturated heterocycles. The van der Waals surface area contributed by atoms with E-state index in [1.165, 1.54) is 36.9 Å². The predicted molar refractivity (Wildman–Crippen MR) is 68.4 cm³/mol. The summed E-state index contributed by atoms with van der Waals surface area (Å²) in [4.78, 5) is 0. The van der Waals surface area contributed by atoms with Crippen molar-refractivity contribution in [2.75, 3.05) is 12.4 Å². The highest BCUT2D eigenvalue weighted by Crippen LogP contribution is 2.22. The minimum absolute atomic E-state index is 1.05. The Bertz CT molecular complexity index is 274. The van der Waals surface area contributed by atoms with E-state index in [4.69, 9.17) is 0 Å². The van der Waals surface area contributed by atoms with Crippen LogP contribution in [0.1, 0.15) is 38.2 Å². The van der Waals surface area contributed by atoms with Gasteiger partial charge in [0.15, 0.2) is 0 Å². The fourth-order valence-corrected chi connectivity index (χ4v) is 1.93. The third-order valence-corrected chi connectivity index (χ3v) is 2.95. The highest BCUT2D eigenvalue weighted by Gasteiger charge is 2.07. The molecule has 1 aliphatic rings. The van der Waals surface area contributed by atoms with Crippen molar-refractivity contribution in [3.05, 3.63) is 29.8 Å². The number of hydrogen-bond acceptors (Lipinski definition) is 1. The van der Waals surface area contributed by atoms with E-state index >= 15 is 0 Å². The number of anilines is 1. The summed E-state index contributed by atoms with van der Waals surface area (Å²) >= 11 is 0. The average Bonchev–Trinajstić information content (AvgIpc) is 2.70. The van der Waals surface area contributed by atoms with Crippen LogP contribution in [0.2, 0.25) is 0 Å². The first kappa shape index (κ1) is 12.1. The molecule has 15 heavy (non-hydrogen) atoms. The van der Waals surface area contributed by atoms with Crippen LogP contribution in [0, 0.1) is 12.8 Å². The second kappa shape index (κ2) is 6.49. The molecule has 2 rings (SSSR count). The molecule has 0 unspecified atom stereocenters. The molecule has 1 aromatic carbocycles. The lowest BCUT2D eigenvalue weighted by atomic mass is 10.2. The molecule has 0 radical (unpaired) electrons. The van der Waals surface area contributed by atoms with Gasteiger partial charge in [-0.3, -0.25) is 0 Å². The van der Waals surface area contributed by atoms with Crippen LogP contribution in [0.25, 0.3) is 0 Å². The van der Waals surface area contributed by atoms with Crippen LogP contribution in [0.5, 0.6) is 0 Å². The molecule has 0 amide bonds. The number of aryl methyl sites for hydroxylation is 1. The van der Waals surface area contributed by atoms with Gasteiger partial charge in [-0.25, -0.2) is 0 Å². The maximum atomic E-state index is 3.07. The summed E-state index contributed by atoms with van der Waals surface area (Å²) in [5.41, 5.74) is 2.47. The smallest absolute Gasteiger partial charge is 0.0340 e. The summed E-state index contributed by atoms with van der Waals surface area (Å²) in [6, 6.07) is 8.29. The Labute approximate surface area is 93.9 Å². The van der Waals surface area contributed by atoms with Gasteiger partial charge in [0.2, 0.25) is 0 Å². The summed E-state index contributed by atoms with van der Waals surface area (Å²) in [7, 11) is 1.93. The van der Waals surface area contributed by atoms with Gasteiger partial charge in [0.05, 0.1) is 0 Å². The normalized spacial score (nSPS) is 15.7. The van der Waals surface area contributed by atoms with Gasteiger partial charge in [-0.2, -0.15) is 0 Å². The summed E-state index contributed by atoms with van der Waals surface area (Å²) in [6.45, 7) is 4.42. The number of rotatable bonds is 1. The van der Waals surface area contributed by atoms with Crippen LogP contribution in [0.3, 0.4) is 0 Å². The highest BCUT2D eigenvalue weighted by molar-refractivity contribution is 5.44. The van der Waals surface area contributed by atoms with Crippen molar-refractivity contribution in [3.63, 3.8) is 0 Å². The lowest BCUT2D eigenvalue weighted by Crippen LogP contribution is -1.86. The summed E-state index contributed by atoms with van der Waals surface area (Å²) in [6.07, 6.45) is 5.95. The zero-order valence-electron chi connectivity index (χ0n) is 10.2. The molecule has 1 nitrogen and oxygen atoms in total. The molecule has 0 bridgehead atoms. The predicted octanol–water partition coefficient (Wildman–Crippen LogP) is 4.23. The zero-order chi connectivity index (χ0) is 11.1. The molecule has 0 atom stereocenters. The van der Waals surface area contributed by atoms with E-state index in [9.17, 15) is 0 Å². The van der Waals surface area contributed by atoms with Crippen molar-refractivity contribution in [2.24, 2.45) is 5.92 Å². The van der Waals surface area contributed by atoms with Gasteiger partial charge in [0.25, 0.3) is 0 Å². The lowest BCUT2D eigenvalue weighted by Gasteiger charge is -1.98. The van der Waals surface area contributed by atoms with Crippen LogP contribution in [-0.4, -0.2) is 7.05 Å². The molecule has 1 heteroatoms. The topological polar surface area (TPSA) is 12.0 Å². The van der Waals surface area contributed by atoms with Gasteiger partial charge in [-0.1, -0.05) is 44.7 Å². The Balaban J connectivity index is 0.000000162. The molecule has 0 spiro atoms. The zero-order valence-corrected chi connectivity index (χ0v) is 10.2. The molecule has 0 aliphatic heterocycles. The van der Waals surface area contributed by atoms with Crippen molar-refractivity contribution in [3.8, 4) is 0 Å². The molecular formula is C14H23N. The number of nitrogens with one attached hydrogen (secondary N) is 1. The van der Waals surface area contributed by atoms with Gasteiger partial charge in [-0.05, 0) is 30.5 Å². The van der Waals surface area contributed by atoms with Crippen molar-refractivity contribution in [1.82, 2.24) is 0 Å². The maximum Gasteiger partial charge on any atom is 0.0340 e. The van der Waals surface area contributed by atoms with E-state index in [2.05, 4.69) is 31.3 Å². The average molecular weight is 205 g/mol. The third kappa shape index (κ3) is 4.87. The Morgan fingerprint density at radius 2 is 1.87 bits per heavy atom. The monoisotopic (exact) mass is 205 g/mol. The van der Waals surface area contributed by atoms with Crippen LogP contribution >= 0.6 is 0 Å². The van der Waals surface area contributed by atoms with Crippen LogP contribution in [0.4, 0.5) is 5.69 Å². The summed E-state index contributed by atoms with van der Waals surface area (Å²) in [5, 5.41) is 3.07. The van der Waals surface area contributed by atoms with E-state index in [0.717, 1.165) is 5.92 Å². The van der Waals surface area contributed by atoms with Gasteiger partial charge in [0, 0.05) is 12.7 Å². The Morgan fingerprint density at radius 3 is 2.20 bits per heavy atom. The van der Waals surface area contributed by atoms with Gasteiger partial charge >= 0.3 is 0 Å². The SMILES string of the molecule is CC1CCCC1.CNc1cccc(C)c1. The molecule has 1 aromatic rings. The summed E-state index contributed by atoms with van der Waals surface area (Å²) < 4.78 is 0. The van der Waals surface area contributed by atoms with Crippen molar-refractivity contribution in [1.29, 1.82) is 0 Å². The molecule has 0 aromatic heterocycles. The Morgan fingerprint density at radius 1 is 1.20 bits per heavy atom. The van der Waals surface area contributed by atoms with Gasteiger partial charge in [0.1, 0.15) is 0 Å². The molecule has 1 fully saturated rings. The molecule has 0 heterocycles. The van der Waals surface area contributed by atoms with Crippen molar-refractivity contribution >= 4 is 5.69 Å². The quantitative estimate of drug-likeness (QED) is 0.723. The van der Waals surface area contributed by atoms with E-state index in [-0.39, 0.29) is 0 Å². The molecule has 1 aliphatic carbocycles. The maximum absolute atomic E-state index is 3.07. The molecule has 1 N–H and O–H groups in total.